The lowest BCUT2D eigenvalue weighted by Crippen LogP contribution is -2.11. The van der Waals surface area contributed by atoms with E-state index in [2.05, 4.69) is 56.3 Å². The lowest BCUT2D eigenvalue weighted by molar-refractivity contribution is 0.0589. The molecule has 0 unspecified atom stereocenters. The van der Waals surface area contributed by atoms with Crippen LogP contribution in [0.4, 0.5) is 0 Å². The Bertz CT molecular complexity index is 2050. The number of allylic oxidation sites excluding steroid dienone is 1. The molecule has 1 aliphatic carbocycles. The molecule has 244 valence electrons. The van der Waals surface area contributed by atoms with Crippen LogP contribution in [-0.2, 0) is 56.0 Å². The Morgan fingerprint density at radius 2 is 1.83 bits per heavy atom. The summed E-state index contributed by atoms with van der Waals surface area (Å²) >= 11 is 3.66. The molecular formula is C37H41N5O3S2. The van der Waals surface area contributed by atoms with Gasteiger partial charge in [-0.1, -0.05) is 24.3 Å². The number of ether oxygens (including phenoxy) is 2. The van der Waals surface area contributed by atoms with Crippen molar-refractivity contribution in [1.82, 2.24) is 24.1 Å². The average molecular weight is 668 g/mol. The zero-order chi connectivity index (χ0) is 32.8. The summed E-state index contributed by atoms with van der Waals surface area (Å²) in [6.07, 6.45) is 7.94. The van der Waals surface area contributed by atoms with Crippen molar-refractivity contribution in [3.05, 3.63) is 87.1 Å². The molecule has 2 aromatic carbocycles. The summed E-state index contributed by atoms with van der Waals surface area (Å²) in [5.74, 6) is 2.98. The molecule has 10 heteroatoms. The molecule has 5 aromatic rings. The van der Waals surface area contributed by atoms with Crippen LogP contribution < -0.4 is 4.74 Å². The fourth-order valence-electron chi connectivity index (χ4n) is 7.07. The minimum Gasteiger partial charge on any atom is -0.493 e. The van der Waals surface area contributed by atoms with Gasteiger partial charge in [-0.2, -0.15) is 10.2 Å². The molecule has 8 bridgehead atoms. The first-order valence-electron chi connectivity index (χ1n) is 16.2. The Labute approximate surface area is 284 Å². The Morgan fingerprint density at radius 3 is 2.66 bits per heavy atom. The zero-order valence-electron chi connectivity index (χ0n) is 28.0. The third-order valence-corrected chi connectivity index (χ3v) is 11.5. The second kappa shape index (κ2) is 13.0. The van der Waals surface area contributed by atoms with Crippen LogP contribution in [0.3, 0.4) is 0 Å². The highest BCUT2D eigenvalue weighted by molar-refractivity contribution is 7.98. The predicted octanol–water partition coefficient (Wildman–Crippen LogP) is 7.73. The molecule has 2 aliphatic rings. The molecule has 3 aromatic heterocycles. The Balaban J connectivity index is 1.36. The van der Waals surface area contributed by atoms with Gasteiger partial charge in [-0.15, -0.1) is 23.5 Å². The van der Waals surface area contributed by atoms with Gasteiger partial charge in [0.05, 0.1) is 30.6 Å². The zero-order valence-corrected chi connectivity index (χ0v) is 29.6. The van der Waals surface area contributed by atoms with Crippen LogP contribution in [0.1, 0.15) is 68.4 Å². The molecule has 1 aliphatic heterocycles. The number of benzene rings is 2. The Kier molecular flexibility index (Phi) is 8.74. The topological polar surface area (TPSA) is 76.1 Å². The van der Waals surface area contributed by atoms with Crippen LogP contribution in [0.2, 0.25) is 0 Å². The van der Waals surface area contributed by atoms with Crippen molar-refractivity contribution in [3.8, 4) is 16.9 Å². The number of fused-ring (bicyclic) bond motifs is 8. The maximum Gasteiger partial charge on any atom is 0.354 e. The minimum atomic E-state index is -0.324. The monoisotopic (exact) mass is 667 g/mol. The van der Waals surface area contributed by atoms with Crippen molar-refractivity contribution in [2.45, 2.75) is 61.7 Å². The third-order valence-electron chi connectivity index (χ3n) is 9.50. The van der Waals surface area contributed by atoms with Crippen molar-refractivity contribution in [2.75, 3.05) is 13.7 Å². The van der Waals surface area contributed by atoms with Gasteiger partial charge in [0.15, 0.2) is 0 Å². The van der Waals surface area contributed by atoms with Gasteiger partial charge < -0.3 is 14.0 Å². The number of hydrogen-bond donors (Lipinski definition) is 0. The molecule has 47 heavy (non-hydrogen) atoms. The van der Waals surface area contributed by atoms with Gasteiger partial charge >= 0.3 is 5.97 Å². The van der Waals surface area contributed by atoms with Gasteiger partial charge in [-0.25, -0.2) is 4.79 Å². The Hall–Kier alpha value is -3.89. The van der Waals surface area contributed by atoms with E-state index in [4.69, 9.17) is 19.7 Å². The van der Waals surface area contributed by atoms with Crippen LogP contribution in [0.15, 0.2) is 41.3 Å². The van der Waals surface area contributed by atoms with Crippen molar-refractivity contribution >= 4 is 46.5 Å². The summed E-state index contributed by atoms with van der Waals surface area (Å²) in [5.41, 5.74) is 13.0. The van der Waals surface area contributed by atoms with E-state index in [1.54, 1.807) is 0 Å². The number of hydrogen-bond acceptors (Lipinski definition) is 7. The van der Waals surface area contributed by atoms with Crippen molar-refractivity contribution in [3.63, 3.8) is 0 Å². The number of aromatic nitrogens is 5. The number of thioether (sulfide) groups is 2. The van der Waals surface area contributed by atoms with E-state index < -0.39 is 0 Å². The highest BCUT2D eigenvalue weighted by atomic mass is 32.2. The summed E-state index contributed by atoms with van der Waals surface area (Å²) in [7, 11) is 7.49. The molecule has 0 saturated heterocycles. The second-order valence-electron chi connectivity index (χ2n) is 12.5. The first-order valence-corrected chi connectivity index (χ1v) is 18.3. The van der Waals surface area contributed by atoms with E-state index in [9.17, 15) is 4.79 Å². The fourth-order valence-corrected chi connectivity index (χ4v) is 8.92. The number of nitrogens with zero attached hydrogens (tertiary/aromatic N) is 5. The van der Waals surface area contributed by atoms with Crippen molar-refractivity contribution in [2.24, 2.45) is 21.1 Å². The second-order valence-corrected chi connectivity index (χ2v) is 14.5. The van der Waals surface area contributed by atoms with Gasteiger partial charge in [-0.05, 0) is 74.4 Å². The molecule has 0 N–H and O–H groups in total. The lowest BCUT2D eigenvalue weighted by atomic mass is 9.94. The van der Waals surface area contributed by atoms with Crippen LogP contribution in [0.25, 0.3) is 28.1 Å². The largest absolute Gasteiger partial charge is 0.493 e. The van der Waals surface area contributed by atoms with E-state index in [1.807, 2.05) is 58.6 Å². The smallest absolute Gasteiger partial charge is 0.354 e. The van der Waals surface area contributed by atoms with Crippen LogP contribution in [0.5, 0.6) is 5.75 Å². The van der Waals surface area contributed by atoms with Gasteiger partial charge in [0.2, 0.25) is 0 Å². The van der Waals surface area contributed by atoms with Gasteiger partial charge in [0.1, 0.15) is 11.4 Å². The minimum absolute atomic E-state index is 0.324. The number of carbonyl (C=O) groups excluding carboxylic acids is 1. The molecule has 0 saturated carbocycles. The molecule has 7 rings (SSSR count). The molecular weight excluding hydrogens is 627 g/mol. The normalized spacial score (nSPS) is 15.2. The van der Waals surface area contributed by atoms with E-state index in [1.165, 1.54) is 28.8 Å². The maximum absolute atomic E-state index is 13.4. The quantitative estimate of drug-likeness (QED) is 0.170. The summed E-state index contributed by atoms with van der Waals surface area (Å²) < 4.78 is 17.9. The van der Waals surface area contributed by atoms with Gasteiger partial charge in [0.25, 0.3) is 0 Å². The highest BCUT2D eigenvalue weighted by Crippen LogP contribution is 2.41. The average Bonchev–Trinajstić information content (AvgIpc) is 3.66. The van der Waals surface area contributed by atoms with Gasteiger partial charge in [0, 0.05) is 76.8 Å². The lowest BCUT2D eigenvalue weighted by Gasteiger charge is -2.18. The summed E-state index contributed by atoms with van der Waals surface area (Å²) in [4.78, 5) is 14.6. The molecule has 0 fully saturated rings. The summed E-state index contributed by atoms with van der Waals surface area (Å²) in [6, 6.07) is 11.1. The number of methoxy groups -OCH3 is 1. The molecule has 8 nitrogen and oxygen atoms in total. The molecule has 0 spiro atoms. The highest BCUT2D eigenvalue weighted by Gasteiger charge is 2.27. The van der Waals surface area contributed by atoms with E-state index in [-0.39, 0.29) is 5.97 Å². The first kappa shape index (κ1) is 31.7. The number of carbonyl (C=O) groups is 1. The van der Waals surface area contributed by atoms with Crippen molar-refractivity contribution in [1.29, 1.82) is 0 Å². The molecule has 0 amide bonds. The number of aryl methyl sites for hydroxylation is 6. The van der Waals surface area contributed by atoms with E-state index in [0.717, 1.165) is 92.5 Å². The van der Waals surface area contributed by atoms with E-state index in [0.29, 0.717) is 18.7 Å². The summed E-state index contributed by atoms with van der Waals surface area (Å²) in [6.45, 7) is 4.82. The number of rotatable bonds is 1. The molecule has 4 heterocycles. The maximum atomic E-state index is 13.4. The summed E-state index contributed by atoms with van der Waals surface area (Å²) in [5, 5.41) is 10.9. The predicted molar refractivity (Wildman–Crippen MR) is 191 cm³/mol. The fraction of sp³-hybridized carbons (Fsp3) is 0.378. The van der Waals surface area contributed by atoms with Crippen LogP contribution in [0, 0.1) is 13.8 Å². The SMILES string of the molecule is COC(=O)c1c2c3ccc(C)c(c3n1C)-c1c(nn(C)c1C)CSCc1cc(n(C)n1)CSc1cc3c(c(c1)OCCC2)C=CCC3. The third kappa shape index (κ3) is 5.80. The first-order chi connectivity index (χ1) is 22.7. The Morgan fingerprint density at radius 1 is 0.979 bits per heavy atom. The molecule has 0 atom stereocenters. The van der Waals surface area contributed by atoms with Crippen molar-refractivity contribution < 1.29 is 14.3 Å². The number of esters is 1. The standard InChI is InChI=1S/C37H41N5O3S2/c1-22-13-14-30-29-12-9-15-45-32-18-27(16-24-10-7-8-11-28(24)32)47-20-26-17-25(38-42(26)5)19-46-21-31-34(23(2)41(4)39-31)33(22)35(30)40(3)36(29)37(43)44-6/h8,11,13-14,16-18H,7,9-10,12,15,19-21H2,1-6H3. The van der Waals surface area contributed by atoms with Crippen LogP contribution in [-0.4, -0.2) is 43.8 Å². The molecule has 0 radical (unpaired) electrons. The van der Waals surface area contributed by atoms with Gasteiger partial charge in [-0.3, -0.25) is 9.36 Å². The van der Waals surface area contributed by atoms with Crippen LogP contribution >= 0.6 is 23.5 Å². The van der Waals surface area contributed by atoms with E-state index >= 15 is 0 Å².